The second kappa shape index (κ2) is 5.18. The number of hydrazine groups is 1. The minimum atomic E-state index is -1.29. The van der Waals surface area contributed by atoms with Crippen LogP contribution in [-0.2, 0) is 4.74 Å². The Labute approximate surface area is 103 Å². The van der Waals surface area contributed by atoms with E-state index in [-0.39, 0.29) is 0 Å². The van der Waals surface area contributed by atoms with Crippen LogP contribution < -0.4 is 16.6 Å². The molecule has 0 aromatic carbocycles. The van der Waals surface area contributed by atoms with Gasteiger partial charge in [-0.15, -0.1) is 0 Å². The van der Waals surface area contributed by atoms with Gasteiger partial charge in [0.25, 0.3) is 0 Å². The Morgan fingerprint density at radius 3 is 2.72 bits per heavy atom. The summed E-state index contributed by atoms with van der Waals surface area (Å²) in [7, 11) is 0. The standard InChI is InChI=1S/C9H16N4O5/c10-12-5-1-2-13(9(17)11-5)8-7(16)6(15)4(3-14)18-8/h1-2,4-8,12,14-16H,3,10H2,(H,11,17)/t4-,5+,6-,7-,8-/m1/s1. The number of carbonyl (C=O) groups excluding carboxylic acids is 1. The van der Waals surface area contributed by atoms with Crippen molar-refractivity contribution in [3.8, 4) is 0 Å². The molecule has 0 aliphatic carbocycles. The predicted octanol–water partition coefficient (Wildman–Crippen LogP) is -3.25. The number of hydrogen-bond donors (Lipinski definition) is 6. The van der Waals surface area contributed by atoms with Crippen LogP contribution in [0.1, 0.15) is 0 Å². The van der Waals surface area contributed by atoms with Crippen molar-refractivity contribution < 1.29 is 24.9 Å². The molecule has 0 aromatic rings. The van der Waals surface area contributed by atoms with E-state index in [0.717, 1.165) is 4.90 Å². The topological polar surface area (TPSA) is 140 Å². The number of amides is 2. The largest absolute Gasteiger partial charge is 0.394 e. The zero-order chi connectivity index (χ0) is 13.3. The zero-order valence-electron chi connectivity index (χ0n) is 9.43. The third kappa shape index (κ3) is 2.19. The first-order chi connectivity index (χ1) is 8.58. The third-order valence-corrected chi connectivity index (χ3v) is 2.92. The lowest BCUT2D eigenvalue weighted by Gasteiger charge is -2.32. The number of urea groups is 1. The molecule has 0 radical (unpaired) electrons. The van der Waals surface area contributed by atoms with Gasteiger partial charge in [0.05, 0.1) is 6.61 Å². The van der Waals surface area contributed by atoms with Crippen LogP contribution in [0.25, 0.3) is 0 Å². The Morgan fingerprint density at radius 2 is 2.22 bits per heavy atom. The molecule has 2 heterocycles. The Bertz CT molecular complexity index is 352. The number of nitrogens with zero attached hydrogens (tertiary/aromatic N) is 1. The van der Waals surface area contributed by atoms with E-state index >= 15 is 0 Å². The lowest BCUT2D eigenvalue weighted by molar-refractivity contribution is -0.0662. The molecule has 5 atom stereocenters. The van der Waals surface area contributed by atoms with Gasteiger partial charge in [0.1, 0.15) is 24.5 Å². The van der Waals surface area contributed by atoms with Crippen molar-refractivity contribution in [1.82, 2.24) is 15.6 Å². The molecule has 2 aliphatic heterocycles. The van der Waals surface area contributed by atoms with Crippen LogP contribution in [0.3, 0.4) is 0 Å². The maximum Gasteiger partial charge on any atom is 0.325 e. The van der Waals surface area contributed by atoms with Crippen molar-refractivity contribution in [2.45, 2.75) is 30.7 Å². The first kappa shape index (κ1) is 13.2. The van der Waals surface area contributed by atoms with E-state index in [4.69, 9.17) is 15.7 Å². The summed E-state index contributed by atoms with van der Waals surface area (Å²) in [5.74, 6) is 5.17. The molecule has 0 unspecified atom stereocenters. The fraction of sp³-hybridized carbons (Fsp3) is 0.667. The molecule has 18 heavy (non-hydrogen) atoms. The van der Waals surface area contributed by atoms with Gasteiger partial charge in [0, 0.05) is 6.20 Å². The van der Waals surface area contributed by atoms with Crippen LogP contribution in [0.4, 0.5) is 4.79 Å². The third-order valence-electron chi connectivity index (χ3n) is 2.92. The SMILES string of the molecule is NN[C@H]1C=CN([C@@H]2O[C@H](CO)[C@@H](O)[C@H]2O)C(=O)N1. The number of aliphatic hydroxyl groups is 3. The minimum Gasteiger partial charge on any atom is -0.394 e. The summed E-state index contributed by atoms with van der Waals surface area (Å²) in [4.78, 5) is 12.8. The van der Waals surface area contributed by atoms with Crippen LogP contribution >= 0.6 is 0 Å². The minimum absolute atomic E-state index is 0.444. The Kier molecular flexibility index (Phi) is 3.80. The molecule has 1 saturated heterocycles. The number of nitrogens with two attached hydrogens (primary N) is 1. The molecule has 0 bridgehead atoms. The van der Waals surface area contributed by atoms with Crippen molar-refractivity contribution in [2.75, 3.05) is 6.61 Å². The summed E-state index contributed by atoms with van der Waals surface area (Å²) in [5, 5.41) is 30.8. The molecule has 2 rings (SSSR count). The van der Waals surface area contributed by atoms with Crippen LogP contribution in [0.2, 0.25) is 0 Å². The number of ether oxygens (including phenoxy) is 1. The quantitative estimate of drug-likeness (QED) is 0.231. The average molecular weight is 260 g/mol. The van der Waals surface area contributed by atoms with Gasteiger partial charge >= 0.3 is 6.03 Å². The van der Waals surface area contributed by atoms with Crippen molar-refractivity contribution >= 4 is 6.03 Å². The maximum absolute atomic E-state index is 11.7. The van der Waals surface area contributed by atoms with Gasteiger partial charge in [-0.3, -0.25) is 10.7 Å². The lowest BCUT2D eigenvalue weighted by Crippen LogP contribution is -2.57. The van der Waals surface area contributed by atoms with Crippen molar-refractivity contribution in [1.29, 1.82) is 0 Å². The first-order valence-corrected chi connectivity index (χ1v) is 5.44. The van der Waals surface area contributed by atoms with Crippen molar-refractivity contribution in [2.24, 2.45) is 5.84 Å². The molecule has 2 amide bonds. The van der Waals surface area contributed by atoms with Gasteiger partial charge in [-0.05, 0) is 6.08 Å². The Morgan fingerprint density at radius 1 is 1.50 bits per heavy atom. The van der Waals surface area contributed by atoms with Crippen LogP contribution in [0, 0.1) is 0 Å². The van der Waals surface area contributed by atoms with E-state index in [1.54, 1.807) is 6.08 Å². The number of carbonyl (C=O) groups is 1. The normalized spacial score (nSPS) is 40.1. The Hall–Kier alpha value is -1.23. The average Bonchev–Trinajstić information content (AvgIpc) is 2.66. The molecule has 0 aromatic heterocycles. The second-order valence-corrected chi connectivity index (χ2v) is 4.07. The molecule has 0 saturated carbocycles. The summed E-state index contributed by atoms with van der Waals surface area (Å²) in [6.45, 7) is -0.444. The maximum atomic E-state index is 11.7. The molecule has 9 nitrogen and oxygen atoms in total. The van der Waals surface area contributed by atoms with Crippen molar-refractivity contribution in [3.05, 3.63) is 12.3 Å². The van der Waals surface area contributed by atoms with E-state index in [1.165, 1.54) is 6.20 Å². The molecule has 1 fully saturated rings. The second-order valence-electron chi connectivity index (χ2n) is 4.07. The van der Waals surface area contributed by atoms with Gasteiger partial charge in [0.15, 0.2) is 6.23 Å². The number of hydrogen-bond acceptors (Lipinski definition) is 7. The lowest BCUT2D eigenvalue weighted by atomic mass is 10.1. The van der Waals surface area contributed by atoms with Crippen LogP contribution in [0.5, 0.6) is 0 Å². The number of rotatable bonds is 3. The summed E-state index contributed by atoms with van der Waals surface area (Å²) < 4.78 is 5.23. The van der Waals surface area contributed by atoms with Gasteiger partial charge in [-0.25, -0.2) is 10.2 Å². The molecule has 2 aliphatic rings. The number of nitrogens with one attached hydrogen (secondary N) is 2. The summed E-state index contributed by atoms with van der Waals surface area (Å²) in [5.41, 5.74) is 2.35. The van der Waals surface area contributed by atoms with Gasteiger partial charge in [-0.1, -0.05) is 0 Å². The number of aliphatic hydroxyl groups excluding tert-OH is 3. The molecule has 102 valence electrons. The molecular weight excluding hydrogens is 244 g/mol. The highest BCUT2D eigenvalue weighted by molar-refractivity contribution is 5.77. The summed E-state index contributed by atoms with van der Waals surface area (Å²) >= 11 is 0. The summed E-state index contributed by atoms with van der Waals surface area (Å²) in [6, 6.07) is -0.532. The van der Waals surface area contributed by atoms with Crippen LogP contribution in [-0.4, -0.2) is 63.6 Å². The van der Waals surface area contributed by atoms with E-state index < -0.39 is 43.3 Å². The molecule has 7 N–H and O–H groups in total. The fourth-order valence-electron chi connectivity index (χ4n) is 1.91. The van der Waals surface area contributed by atoms with E-state index in [1.807, 2.05) is 0 Å². The highest BCUT2D eigenvalue weighted by Gasteiger charge is 2.46. The van der Waals surface area contributed by atoms with E-state index in [0.29, 0.717) is 0 Å². The van der Waals surface area contributed by atoms with E-state index in [2.05, 4.69) is 10.7 Å². The van der Waals surface area contributed by atoms with Crippen molar-refractivity contribution in [3.63, 3.8) is 0 Å². The highest BCUT2D eigenvalue weighted by atomic mass is 16.6. The van der Waals surface area contributed by atoms with Gasteiger partial charge < -0.3 is 25.4 Å². The monoisotopic (exact) mass is 260 g/mol. The fourth-order valence-corrected chi connectivity index (χ4v) is 1.91. The first-order valence-electron chi connectivity index (χ1n) is 5.44. The smallest absolute Gasteiger partial charge is 0.325 e. The van der Waals surface area contributed by atoms with Crippen LogP contribution in [0.15, 0.2) is 12.3 Å². The molecule has 0 spiro atoms. The highest BCUT2D eigenvalue weighted by Crippen LogP contribution is 2.25. The summed E-state index contributed by atoms with van der Waals surface area (Å²) in [6.07, 6.45) is -2.07. The molecular formula is C9H16N4O5. The zero-order valence-corrected chi connectivity index (χ0v) is 9.43. The Balaban J connectivity index is 2.11. The van der Waals surface area contributed by atoms with E-state index in [9.17, 15) is 15.0 Å². The van der Waals surface area contributed by atoms with Gasteiger partial charge in [0.2, 0.25) is 0 Å². The van der Waals surface area contributed by atoms with Gasteiger partial charge in [-0.2, -0.15) is 0 Å². The predicted molar refractivity (Wildman–Crippen MR) is 58.4 cm³/mol. The molecule has 9 heteroatoms.